The fraction of sp³-hybridized carbons (Fsp3) is 0.929. The third kappa shape index (κ3) is 3.46. The van der Waals surface area contributed by atoms with E-state index >= 15 is 0 Å². The molecule has 19 heavy (non-hydrogen) atoms. The Morgan fingerprint density at radius 1 is 1.26 bits per heavy atom. The predicted molar refractivity (Wildman–Crippen MR) is 72.7 cm³/mol. The molecule has 0 aromatic carbocycles. The number of ether oxygens (including phenoxy) is 2. The van der Waals surface area contributed by atoms with Gasteiger partial charge in [-0.3, -0.25) is 4.79 Å². The van der Waals surface area contributed by atoms with Crippen LogP contribution in [0.5, 0.6) is 0 Å². The zero-order chi connectivity index (χ0) is 13.8. The molecule has 1 amide bonds. The van der Waals surface area contributed by atoms with Gasteiger partial charge in [0.1, 0.15) is 0 Å². The van der Waals surface area contributed by atoms with Crippen LogP contribution in [0.4, 0.5) is 0 Å². The predicted octanol–water partition coefficient (Wildman–Crippen LogP) is 1.03. The lowest BCUT2D eigenvalue weighted by Crippen LogP contribution is -2.50. The first kappa shape index (κ1) is 14.8. The van der Waals surface area contributed by atoms with Crippen molar-refractivity contribution < 1.29 is 14.3 Å². The first-order valence-electron chi connectivity index (χ1n) is 7.27. The van der Waals surface area contributed by atoms with Crippen LogP contribution in [0.25, 0.3) is 0 Å². The van der Waals surface area contributed by atoms with Crippen molar-refractivity contribution in [3.63, 3.8) is 0 Å². The van der Waals surface area contributed by atoms with Gasteiger partial charge >= 0.3 is 0 Å². The minimum absolute atomic E-state index is 0.0510. The van der Waals surface area contributed by atoms with E-state index in [1.54, 1.807) is 14.2 Å². The van der Waals surface area contributed by atoms with Gasteiger partial charge in [-0.2, -0.15) is 0 Å². The van der Waals surface area contributed by atoms with Crippen molar-refractivity contribution in [3.05, 3.63) is 0 Å². The summed E-state index contributed by atoms with van der Waals surface area (Å²) < 4.78 is 10.3. The second-order valence-corrected chi connectivity index (χ2v) is 5.74. The Morgan fingerprint density at radius 2 is 1.95 bits per heavy atom. The molecule has 110 valence electrons. The third-order valence-electron chi connectivity index (χ3n) is 4.42. The van der Waals surface area contributed by atoms with E-state index in [2.05, 4.69) is 10.6 Å². The zero-order valence-electron chi connectivity index (χ0n) is 12.1. The molecule has 1 saturated heterocycles. The number of methoxy groups -OCH3 is 2. The third-order valence-corrected chi connectivity index (χ3v) is 4.42. The van der Waals surface area contributed by atoms with Crippen LogP contribution in [0.3, 0.4) is 0 Å². The van der Waals surface area contributed by atoms with Gasteiger partial charge in [-0.05, 0) is 32.1 Å². The number of carbonyl (C=O) groups is 1. The largest absolute Gasteiger partial charge is 0.354 e. The van der Waals surface area contributed by atoms with Crippen LogP contribution < -0.4 is 10.6 Å². The summed E-state index contributed by atoms with van der Waals surface area (Å²) in [6.07, 6.45) is 5.64. The Balaban J connectivity index is 1.83. The zero-order valence-corrected chi connectivity index (χ0v) is 12.1. The van der Waals surface area contributed by atoms with E-state index in [-0.39, 0.29) is 18.0 Å². The molecule has 0 aromatic rings. The fourth-order valence-electron chi connectivity index (χ4n) is 3.42. The summed E-state index contributed by atoms with van der Waals surface area (Å²) in [6.45, 7) is 1.90. The maximum Gasteiger partial charge on any atom is 0.237 e. The average Bonchev–Trinajstić information content (AvgIpc) is 2.84. The minimum atomic E-state index is -0.396. The number of nitrogens with one attached hydrogen (secondary N) is 2. The van der Waals surface area contributed by atoms with Gasteiger partial charge in [0.2, 0.25) is 5.91 Å². The van der Waals surface area contributed by atoms with Crippen LogP contribution in [0.15, 0.2) is 0 Å². The molecule has 2 rings (SSSR count). The van der Waals surface area contributed by atoms with Gasteiger partial charge in [-0.15, -0.1) is 0 Å². The monoisotopic (exact) mass is 270 g/mol. The minimum Gasteiger partial charge on any atom is -0.354 e. The number of hydrogen-bond acceptors (Lipinski definition) is 4. The van der Waals surface area contributed by atoms with Crippen molar-refractivity contribution >= 4 is 5.91 Å². The Hall–Kier alpha value is -0.650. The van der Waals surface area contributed by atoms with Crippen LogP contribution in [-0.2, 0) is 14.3 Å². The molecule has 2 aliphatic rings. The molecule has 2 fully saturated rings. The number of fused-ring (bicyclic) bond motifs is 1. The van der Waals surface area contributed by atoms with Gasteiger partial charge in [0.15, 0.2) is 6.29 Å². The van der Waals surface area contributed by atoms with Crippen molar-refractivity contribution in [1.82, 2.24) is 10.6 Å². The Bertz CT molecular complexity index is 293. The molecule has 0 bridgehead atoms. The van der Waals surface area contributed by atoms with Gasteiger partial charge in [-0.25, -0.2) is 0 Å². The molecule has 0 radical (unpaired) electrons. The summed E-state index contributed by atoms with van der Waals surface area (Å²) in [5.41, 5.74) is 0. The van der Waals surface area contributed by atoms with E-state index in [0.717, 1.165) is 6.42 Å². The lowest BCUT2D eigenvalue weighted by Gasteiger charge is -2.24. The molecule has 4 unspecified atom stereocenters. The highest BCUT2D eigenvalue weighted by atomic mass is 16.7. The summed E-state index contributed by atoms with van der Waals surface area (Å²) in [5, 5.41) is 6.46. The van der Waals surface area contributed by atoms with Crippen molar-refractivity contribution in [2.75, 3.05) is 14.2 Å². The maximum atomic E-state index is 12.3. The topological polar surface area (TPSA) is 59.6 Å². The standard InChI is InChI=1S/C14H26N2O3/c1-9(14(18-2)19-3)15-13(17)12-8-10-6-4-5-7-11(10)16-12/h9-12,14,16H,4-8H2,1-3H3,(H,15,17). The number of carbonyl (C=O) groups excluding carboxylic acids is 1. The Labute approximate surface area is 115 Å². The first-order valence-corrected chi connectivity index (χ1v) is 7.27. The SMILES string of the molecule is COC(OC)C(C)NC(=O)C1CC2CCCCC2N1. The fourth-order valence-corrected chi connectivity index (χ4v) is 3.42. The van der Waals surface area contributed by atoms with Crippen LogP contribution >= 0.6 is 0 Å². The van der Waals surface area contributed by atoms with Crippen molar-refractivity contribution in [2.45, 2.75) is 63.4 Å². The number of rotatable bonds is 5. The molecular formula is C14H26N2O3. The van der Waals surface area contributed by atoms with Crippen molar-refractivity contribution in [2.24, 2.45) is 5.92 Å². The smallest absolute Gasteiger partial charge is 0.237 e. The van der Waals surface area contributed by atoms with Gasteiger partial charge in [0, 0.05) is 20.3 Å². The van der Waals surface area contributed by atoms with E-state index in [0.29, 0.717) is 12.0 Å². The van der Waals surface area contributed by atoms with Crippen LogP contribution in [0.2, 0.25) is 0 Å². The summed E-state index contributed by atoms with van der Waals surface area (Å²) >= 11 is 0. The maximum absolute atomic E-state index is 12.3. The molecule has 1 saturated carbocycles. The Kier molecular flexibility index (Phi) is 5.19. The molecule has 1 aliphatic carbocycles. The lowest BCUT2D eigenvalue weighted by atomic mass is 9.85. The number of amides is 1. The van der Waals surface area contributed by atoms with Crippen LogP contribution in [0.1, 0.15) is 39.0 Å². The van der Waals surface area contributed by atoms with Crippen LogP contribution in [-0.4, -0.2) is 44.5 Å². The lowest BCUT2D eigenvalue weighted by molar-refractivity contribution is -0.137. The van der Waals surface area contributed by atoms with Gasteiger partial charge in [0.25, 0.3) is 0 Å². The quantitative estimate of drug-likeness (QED) is 0.733. The molecule has 1 heterocycles. The van der Waals surface area contributed by atoms with E-state index in [9.17, 15) is 4.79 Å². The van der Waals surface area contributed by atoms with Crippen molar-refractivity contribution in [1.29, 1.82) is 0 Å². The summed E-state index contributed by atoms with van der Waals surface area (Å²) in [4.78, 5) is 12.3. The molecular weight excluding hydrogens is 244 g/mol. The highest BCUT2D eigenvalue weighted by Crippen LogP contribution is 2.33. The highest BCUT2D eigenvalue weighted by Gasteiger charge is 2.38. The van der Waals surface area contributed by atoms with Gasteiger partial charge in [-0.1, -0.05) is 12.8 Å². The molecule has 0 spiro atoms. The van der Waals surface area contributed by atoms with E-state index in [1.807, 2.05) is 6.92 Å². The molecule has 5 heteroatoms. The summed E-state index contributed by atoms with van der Waals surface area (Å²) in [6, 6.07) is 0.345. The molecule has 2 N–H and O–H groups in total. The summed E-state index contributed by atoms with van der Waals surface area (Å²) in [7, 11) is 3.17. The Morgan fingerprint density at radius 3 is 2.58 bits per heavy atom. The van der Waals surface area contributed by atoms with Gasteiger partial charge in [0.05, 0.1) is 12.1 Å². The first-order chi connectivity index (χ1) is 9.15. The second kappa shape index (κ2) is 6.68. The second-order valence-electron chi connectivity index (χ2n) is 5.74. The van der Waals surface area contributed by atoms with Crippen molar-refractivity contribution in [3.8, 4) is 0 Å². The van der Waals surface area contributed by atoms with Crippen LogP contribution in [0, 0.1) is 5.92 Å². The summed E-state index contributed by atoms with van der Waals surface area (Å²) in [5.74, 6) is 0.751. The molecule has 1 aliphatic heterocycles. The highest BCUT2D eigenvalue weighted by molar-refractivity contribution is 5.82. The van der Waals surface area contributed by atoms with E-state index in [4.69, 9.17) is 9.47 Å². The van der Waals surface area contributed by atoms with E-state index in [1.165, 1.54) is 25.7 Å². The van der Waals surface area contributed by atoms with E-state index < -0.39 is 6.29 Å². The molecule has 4 atom stereocenters. The average molecular weight is 270 g/mol. The van der Waals surface area contributed by atoms with Gasteiger partial charge < -0.3 is 20.1 Å². The molecule has 5 nitrogen and oxygen atoms in total. The molecule has 0 aromatic heterocycles. The number of hydrogen-bond donors (Lipinski definition) is 2. The normalized spacial score (nSPS) is 32.1.